The Balaban J connectivity index is 1.49. The summed E-state index contributed by atoms with van der Waals surface area (Å²) in [5.74, 6) is 0.569. The van der Waals surface area contributed by atoms with Crippen LogP contribution in [-0.2, 0) is 11.2 Å². The molecule has 4 nitrogen and oxygen atoms in total. The van der Waals surface area contributed by atoms with Gasteiger partial charge in [0.1, 0.15) is 17.8 Å². The summed E-state index contributed by atoms with van der Waals surface area (Å²) in [5, 5.41) is 0. The quantitative estimate of drug-likeness (QED) is 0.800. The predicted octanol–water partition coefficient (Wildman–Crippen LogP) is 3.36. The van der Waals surface area contributed by atoms with E-state index in [1.165, 1.54) is 6.07 Å². The molecule has 2 aliphatic rings. The standard InChI is InChI=1S/C20H20FNO3/c1-24-17-6-3-14(4-7-17)19(23)11-16-12-25-20-18-10-15(21)5-2-13(18)8-9-22(16)20/h2-7,10,16,20H,8-9,11-12H2,1H3. The van der Waals surface area contributed by atoms with Crippen LogP contribution in [0.25, 0.3) is 0 Å². The van der Waals surface area contributed by atoms with E-state index in [9.17, 15) is 9.18 Å². The molecule has 0 aromatic heterocycles. The molecule has 2 atom stereocenters. The monoisotopic (exact) mass is 341 g/mol. The predicted molar refractivity (Wildman–Crippen MR) is 91.2 cm³/mol. The normalized spacial score (nSPS) is 22.3. The lowest BCUT2D eigenvalue weighted by molar-refractivity contribution is 0.0213. The number of carbonyl (C=O) groups is 1. The van der Waals surface area contributed by atoms with Crippen molar-refractivity contribution in [3.05, 3.63) is 65.0 Å². The van der Waals surface area contributed by atoms with Gasteiger partial charge in [0, 0.05) is 30.1 Å². The van der Waals surface area contributed by atoms with Crippen LogP contribution >= 0.6 is 0 Å². The van der Waals surface area contributed by atoms with Crippen molar-refractivity contribution in [3.63, 3.8) is 0 Å². The molecule has 4 rings (SSSR count). The first-order chi connectivity index (χ1) is 12.2. The second-order valence-electron chi connectivity index (χ2n) is 6.53. The Kier molecular flexibility index (Phi) is 4.27. The van der Waals surface area contributed by atoms with Crippen molar-refractivity contribution in [2.24, 2.45) is 0 Å². The topological polar surface area (TPSA) is 38.8 Å². The molecule has 1 saturated heterocycles. The average molecular weight is 341 g/mol. The minimum Gasteiger partial charge on any atom is -0.497 e. The molecule has 0 amide bonds. The highest BCUT2D eigenvalue weighted by molar-refractivity contribution is 5.96. The molecule has 2 aliphatic heterocycles. The molecule has 2 heterocycles. The molecule has 2 aromatic rings. The maximum absolute atomic E-state index is 13.6. The smallest absolute Gasteiger partial charge is 0.164 e. The van der Waals surface area contributed by atoms with E-state index in [1.54, 1.807) is 37.4 Å². The number of benzene rings is 2. The van der Waals surface area contributed by atoms with Crippen molar-refractivity contribution in [2.75, 3.05) is 20.3 Å². The van der Waals surface area contributed by atoms with Crippen molar-refractivity contribution in [3.8, 4) is 5.75 Å². The van der Waals surface area contributed by atoms with Crippen molar-refractivity contribution in [1.29, 1.82) is 0 Å². The lowest BCUT2D eigenvalue weighted by atomic mass is 9.96. The number of ketones is 1. The van der Waals surface area contributed by atoms with Crippen LogP contribution in [0.3, 0.4) is 0 Å². The van der Waals surface area contributed by atoms with Crippen LogP contribution in [0.1, 0.15) is 34.1 Å². The molecule has 0 saturated carbocycles. The van der Waals surface area contributed by atoms with Crippen LogP contribution in [0.15, 0.2) is 42.5 Å². The van der Waals surface area contributed by atoms with E-state index >= 15 is 0 Å². The first-order valence-corrected chi connectivity index (χ1v) is 8.48. The van der Waals surface area contributed by atoms with Crippen LogP contribution in [0.5, 0.6) is 5.75 Å². The SMILES string of the molecule is COc1ccc(C(=O)CC2COC3c4cc(F)ccc4CCN23)cc1. The average Bonchev–Trinajstić information content (AvgIpc) is 3.05. The Bertz CT molecular complexity index is 790. The van der Waals surface area contributed by atoms with Crippen LogP contribution in [-0.4, -0.2) is 37.0 Å². The molecule has 2 unspecified atom stereocenters. The highest BCUT2D eigenvalue weighted by Gasteiger charge is 2.39. The molecule has 25 heavy (non-hydrogen) atoms. The number of nitrogens with zero attached hydrogens (tertiary/aromatic N) is 1. The van der Waals surface area contributed by atoms with E-state index in [0.29, 0.717) is 18.6 Å². The van der Waals surface area contributed by atoms with Gasteiger partial charge in [0.2, 0.25) is 0 Å². The highest BCUT2D eigenvalue weighted by atomic mass is 19.1. The Hall–Kier alpha value is -2.24. The van der Waals surface area contributed by atoms with Crippen LogP contribution < -0.4 is 4.74 Å². The van der Waals surface area contributed by atoms with Gasteiger partial charge in [-0.2, -0.15) is 0 Å². The van der Waals surface area contributed by atoms with E-state index in [-0.39, 0.29) is 23.9 Å². The molecule has 0 bridgehead atoms. The number of Topliss-reactive ketones (excluding diaryl/α,β-unsaturated/α-hetero) is 1. The number of carbonyl (C=O) groups excluding carboxylic acids is 1. The van der Waals surface area contributed by atoms with Gasteiger partial charge in [-0.3, -0.25) is 9.69 Å². The van der Waals surface area contributed by atoms with E-state index < -0.39 is 0 Å². The molecule has 2 aromatic carbocycles. The fourth-order valence-electron chi connectivity index (χ4n) is 3.71. The first kappa shape index (κ1) is 16.2. The van der Waals surface area contributed by atoms with Crippen molar-refractivity contribution >= 4 is 5.78 Å². The van der Waals surface area contributed by atoms with Crippen LogP contribution in [0, 0.1) is 5.82 Å². The van der Waals surface area contributed by atoms with Gasteiger partial charge in [-0.15, -0.1) is 0 Å². The van der Waals surface area contributed by atoms with Gasteiger partial charge in [-0.25, -0.2) is 4.39 Å². The molecule has 130 valence electrons. The minimum atomic E-state index is -0.248. The molecular formula is C20H20FNO3. The fourth-order valence-corrected chi connectivity index (χ4v) is 3.71. The van der Waals surface area contributed by atoms with Gasteiger partial charge in [0.05, 0.1) is 13.7 Å². The maximum atomic E-state index is 13.6. The van der Waals surface area contributed by atoms with Gasteiger partial charge in [0.15, 0.2) is 5.78 Å². The summed E-state index contributed by atoms with van der Waals surface area (Å²) in [4.78, 5) is 14.8. The van der Waals surface area contributed by atoms with E-state index in [0.717, 1.165) is 29.8 Å². The molecule has 5 heteroatoms. The number of hydrogen-bond donors (Lipinski definition) is 0. The zero-order chi connectivity index (χ0) is 17.4. The third-order valence-electron chi connectivity index (χ3n) is 5.06. The van der Waals surface area contributed by atoms with E-state index in [2.05, 4.69) is 4.90 Å². The molecular weight excluding hydrogens is 321 g/mol. The Morgan fingerprint density at radius 2 is 2.08 bits per heavy atom. The first-order valence-electron chi connectivity index (χ1n) is 8.48. The van der Waals surface area contributed by atoms with Crippen molar-refractivity contribution in [2.45, 2.75) is 25.1 Å². The third kappa shape index (κ3) is 3.05. The number of halogens is 1. The molecule has 0 radical (unpaired) electrons. The van der Waals surface area contributed by atoms with Gasteiger partial charge < -0.3 is 9.47 Å². The van der Waals surface area contributed by atoms with Crippen LogP contribution in [0.4, 0.5) is 4.39 Å². The summed E-state index contributed by atoms with van der Waals surface area (Å²) in [6, 6.07) is 12.1. The largest absolute Gasteiger partial charge is 0.497 e. The number of methoxy groups -OCH3 is 1. The van der Waals surface area contributed by atoms with Crippen LogP contribution in [0.2, 0.25) is 0 Å². The Morgan fingerprint density at radius 1 is 1.28 bits per heavy atom. The molecule has 0 spiro atoms. The van der Waals surface area contributed by atoms with E-state index in [1.807, 2.05) is 6.07 Å². The summed E-state index contributed by atoms with van der Waals surface area (Å²) in [5.41, 5.74) is 2.70. The highest BCUT2D eigenvalue weighted by Crippen LogP contribution is 2.38. The summed E-state index contributed by atoms with van der Waals surface area (Å²) < 4.78 is 24.6. The van der Waals surface area contributed by atoms with Gasteiger partial charge in [0.25, 0.3) is 0 Å². The van der Waals surface area contributed by atoms with Gasteiger partial charge in [-0.1, -0.05) is 6.07 Å². The van der Waals surface area contributed by atoms with Crippen molar-refractivity contribution in [1.82, 2.24) is 4.90 Å². The zero-order valence-electron chi connectivity index (χ0n) is 14.1. The number of ether oxygens (including phenoxy) is 2. The number of rotatable bonds is 4. The molecule has 1 fully saturated rings. The summed E-state index contributed by atoms with van der Waals surface area (Å²) in [6.07, 6.45) is 1.00. The number of fused-ring (bicyclic) bond motifs is 3. The Labute approximate surface area is 146 Å². The zero-order valence-corrected chi connectivity index (χ0v) is 14.1. The van der Waals surface area contributed by atoms with Crippen molar-refractivity contribution < 1.29 is 18.7 Å². The second kappa shape index (κ2) is 6.58. The summed E-state index contributed by atoms with van der Waals surface area (Å²) in [6.45, 7) is 1.31. The third-order valence-corrected chi connectivity index (χ3v) is 5.06. The summed E-state index contributed by atoms with van der Waals surface area (Å²) in [7, 11) is 1.60. The minimum absolute atomic E-state index is 0.0241. The van der Waals surface area contributed by atoms with Gasteiger partial charge >= 0.3 is 0 Å². The lowest BCUT2D eigenvalue weighted by Crippen LogP contribution is -2.39. The molecule has 0 aliphatic carbocycles. The fraction of sp³-hybridized carbons (Fsp3) is 0.350. The van der Waals surface area contributed by atoms with Gasteiger partial charge in [-0.05, 0) is 48.4 Å². The Morgan fingerprint density at radius 3 is 2.84 bits per heavy atom. The summed E-state index contributed by atoms with van der Waals surface area (Å²) >= 11 is 0. The second-order valence-corrected chi connectivity index (χ2v) is 6.53. The number of hydrogen-bond acceptors (Lipinski definition) is 4. The molecule has 0 N–H and O–H groups in total. The van der Waals surface area contributed by atoms with E-state index in [4.69, 9.17) is 9.47 Å². The maximum Gasteiger partial charge on any atom is 0.164 e. The lowest BCUT2D eigenvalue weighted by Gasteiger charge is -2.33.